The van der Waals surface area contributed by atoms with Crippen molar-refractivity contribution in [1.82, 2.24) is 5.32 Å². The summed E-state index contributed by atoms with van der Waals surface area (Å²) in [6.45, 7) is 8.09. The second-order valence-corrected chi connectivity index (χ2v) is 5.32. The van der Waals surface area contributed by atoms with Crippen molar-refractivity contribution in [2.75, 3.05) is 18.4 Å². The molecule has 0 amide bonds. The highest BCUT2D eigenvalue weighted by Crippen LogP contribution is 2.19. The lowest BCUT2D eigenvalue weighted by Gasteiger charge is -2.20. The van der Waals surface area contributed by atoms with Crippen LogP contribution in [0.3, 0.4) is 0 Å². The lowest BCUT2D eigenvalue weighted by atomic mass is 10.1. The second-order valence-electron chi connectivity index (χ2n) is 4.91. The van der Waals surface area contributed by atoms with Crippen LogP contribution in [0.1, 0.15) is 26.3 Å². The molecule has 0 saturated heterocycles. The highest BCUT2D eigenvalue weighted by atomic mass is 35.5. The second kappa shape index (κ2) is 5.90. The molecule has 0 aliphatic heterocycles. The molecule has 0 fully saturated rings. The summed E-state index contributed by atoms with van der Waals surface area (Å²) in [6, 6.07) is 7.40. The minimum Gasteiger partial charge on any atom is -0.384 e. The van der Waals surface area contributed by atoms with E-state index in [0.717, 1.165) is 18.8 Å². The zero-order chi connectivity index (χ0) is 12.9. The molecule has 3 nitrogen and oxygen atoms in total. The average molecular weight is 252 g/mol. The normalized spacial score (nSPS) is 11.0. The summed E-state index contributed by atoms with van der Waals surface area (Å²) in [5.41, 5.74) is 1.57. The third kappa shape index (κ3) is 5.08. The van der Waals surface area contributed by atoms with E-state index in [2.05, 4.69) is 31.4 Å². The quantitative estimate of drug-likeness (QED) is 0.809. The van der Waals surface area contributed by atoms with Gasteiger partial charge in [0.25, 0.3) is 0 Å². The first-order chi connectivity index (χ1) is 7.92. The SMILES string of the molecule is CC(C)(C)NCCNc1ccc(C#N)c(Cl)c1. The first-order valence-electron chi connectivity index (χ1n) is 5.61. The molecular formula is C13H18ClN3. The number of nitrogens with zero attached hydrogens (tertiary/aromatic N) is 1. The Kier molecular flexibility index (Phi) is 4.80. The van der Waals surface area contributed by atoms with E-state index in [-0.39, 0.29) is 5.54 Å². The number of anilines is 1. The first-order valence-corrected chi connectivity index (χ1v) is 5.99. The fourth-order valence-corrected chi connectivity index (χ4v) is 1.58. The first kappa shape index (κ1) is 13.8. The van der Waals surface area contributed by atoms with E-state index in [4.69, 9.17) is 16.9 Å². The van der Waals surface area contributed by atoms with Crippen LogP contribution in [0.4, 0.5) is 5.69 Å². The van der Waals surface area contributed by atoms with Gasteiger partial charge in [-0.3, -0.25) is 0 Å². The standard InChI is InChI=1S/C13H18ClN3/c1-13(2,3)17-7-6-16-11-5-4-10(9-15)12(14)8-11/h4-5,8,16-17H,6-7H2,1-3H3. The van der Waals surface area contributed by atoms with Crippen LogP contribution in [-0.4, -0.2) is 18.6 Å². The molecular weight excluding hydrogens is 234 g/mol. The van der Waals surface area contributed by atoms with Gasteiger partial charge in [0.15, 0.2) is 0 Å². The van der Waals surface area contributed by atoms with Gasteiger partial charge in [-0.15, -0.1) is 0 Å². The smallest absolute Gasteiger partial charge is 0.101 e. The molecule has 0 bridgehead atoms. The van der Waals surface area contributed by atoms with Gasteiger partial charge in [-0.2, -0.15) is 5.26 Å². The molecule has 17 heavy (non-hydrogen) atoms. The van der Waals surface area contributed by atoms with Crippen molar-refractivity contribution in [3.63, 3.8) is 0 Å². The molecule has 1 rings (SSSR count). The summed E-state index contributed by atoms with van der Waals surface area (Å²) in [6.07, 6.45) is 0. The van der Waals surface area contributed by atoms with Crippen molar-refractivity contribution < 1.29 is 0 Å². The maximum absolute atomic E-state index is 8.75. The minimum atomic E-state index is 0.129. The van der Waals surface area contributed by atoms with Gasteiger partial charge in [0, 0.05) is 24.3 Å². The van der Waals surface area contributed by atoms with E-state index in [9.17, 15) is 0 Å². The Hall–Kier alpha value is -1.24. The number of benzene rings is 1. The topological polar surface area (TPSA) is 47.8 Å². The number of rotatable bonds is 4. The van der Waals surface area contributed by atoms with Gasteiger partial charge in [0.1, 0.15) is 6.07 Å². The predicted molar refractivity (Wildman–Crippen MR) is 72.4 cm³/mol. The fraction of sp³-hybridized carbons (Fsp3) is 0.462. The number of hydrogen-bond donors (Lipinski definition) is 2. The molecule has 4 heteroatoms. The molecule has 1 aromatic carbocycles. The van der Waals surface area contributed by atoms with Crippen LogP contribution < -0.4 is 10.6 Å². The van der Waals surface area contributed by atoms with Gasteiger partial charge in [-0.1, -0.05) is 11.6 Å². The molecule has 0 aliphatic rings. The molecule has 0 spiro atoms. The molecule has 0 heterocycles. The number of nitriles is 1. The van der Waals surface area contributed by atoms with E-state index in [0.29, 0.717) is 10.6 Å². The van der Waals surface area contributed by atoms with Crippen LogP contribution >= 0.6 is 11.6 Å². The summed E-state index contributed by atoms with van der Waals surface area (Å²) in [5.74, 6) is 0. The molecule has 92 valence electrons. The van der Waals surface area contributed by atoms with Crippen molar-refractivity contribution in [3.05, 3.63) is 28.8 Å². The number of nitrogens with one attached hydrogen (secondary N) is 2. The highest BCUT2D eigenvalue weighted by Gasteiger charge is 2.07. The van der Waals surface area contributed by atoms with Crippen LogP contribution in [0.5, 0.6) is 0 Å². The van der Waals surface area contributed by atoms with Crippen molar-refractivity contribution in [2.45, 2.75) is 26.3 Å². The summed E-state index contributed by atoms with van der Waals surface area (Å²) in [5, 5.41) is 15.9. The number of halogens is 1. The molecule has 0 saturated carbocycles. The molecule has 0 aromatic heterocycles. The monoisotopic (exact) mass is 251 g/mol. The third-order valence-corrected chi connectivity index (χ3v) is 2.51. The van der Waals surface area contributed by atoms with Crippen LogP contribution in [0.2, 0.25) is 5.02 Å². The third-order valence-electron chi connectivity index (χ3n) is 2.20. The van der Waals surface area contributed by atoms with Gasteiger partial charge in [0.2, 0.25) is 0 Å². The van der Waals surface area contributed by atoms with Crippen LogP contribution in [0.25, 0.3) is 0 Å². The molecule has 0 aliphatic carbocycles. The Labute approximate surface area is 108 Å². The zero-order valence-electron chi connectivity index (χ0n) is 10.5. The zero-order valence-corrected chi connectivity index (χ0v) is 11.2. The molecule has 0 radical (unpaired) electrons. The van der Waals surface area contributed by atoms with Crippen molar-refractivity contribution in [1.29, 1.82) is 5.26 Å². The van der Waals surface area contributed by atoms with Gasteiger partial charge < -0.3 is 10.6 Å². The molecule has 0 atom stereocenters. The van der Waals surface area contributed by atoms with Gasteiger partial charge in [-0.25, -0.2) is 0 Å². The Morgan fingerprint density at radius 2 is 2.00 bits per heavy atom. The van der Waals surface area contributed by atoms with Gasteiger partial charge >= 0.3 is 0 Å². The summed E-state index contributed by atoms with van der Waals surface area (Å²) in [4.78, 5) is 0. The Morgan fingerprint density at radius 1 is 1.29 bits per heavy atom. The van der Waals surface area contributed by atoms with E-state index in [1.807, 2.05) is 12.1 Å². The Bertz CT molecular complexity index is 416. The maximum atomic E-state index is 8.75. The summed E-state index contributed by atoms with van der Waals surface area (Å²) < 4.78 is 0. The van der Waals surface area contributed by atoms with E-state index < -0.39 is 0 Å². The predicted octanol–water partition coefficient (Wildman–Crippen LogP) is 3.01. The van der Waals surface area contributed by atoms with Gasteiger partial charge in [0.05, 0.1) is 10.6 Å². The lowest BCUT2D eigenvalue weighted by Crippen LogP contribution is -2.38. The minimum absolute atomic E-state index is 0.129. The van der Waals surface area contributed by atoms with E-state index in [1.54, 1.807) is 12.1 Å². The van der Waals surface area contributed by atoms with E-state index in [1.165, 1.54) is 0 Å². The lowest BCUT2D eigenvalue weighted by molar-refractivity contribution is 0.435. The Balaban J connectivity index is 2.43. The van der Waals surface area contributed by atoms with Crippen molar-refractivity contribution in [2.24, 2.45) is 0 Å². The van der Waals surface area contributed by atoms with Crippen molar-refractivity contribution >= 4 is 17.3 Å². The number of hydrogen-bond acceptors (Lipinski definition) is 3. The fourth-order valence-electron chi connectivity index (χ4n) is 1.36. The molecule has 2 N–H and O–H groups in total. The highest BCUT2D eigenvalue weighted by molar-refractivity contribution is 6.32. The summed E-state index contributed by atoms with van der Waals surface area (Å²) in [7, 11) is 0. The molecule has 0 unspecified atom stereocenters. The van der Waals surface area contributed by atoms with Crippen molar-refractivity contribution in [3.8, 4) is 6.07 Å². The largest absolute Gasteiger partial charge is 0.384 e. The summed E-state index contributed by atoms with van der Waals surface area (Å²) >= 11 is 5.94. The van der Waals surface area contributed by atoms with Crippen LogP contribution in [-0.2, 0) is 0 Å². The van der Waals surface area contributed by atoms with Crippen LogP contribution in [0, 0.1) is 11.3 Å². The van der Waals surface area contributed by atoms with Crippen LogP contribution in [0.15, 0.2) is 18.2 Å². The average Bonchev–Trinajstić information content (AvgIpc) is 2.23. The Morgan fingerprint density at radius 3 is 2.53 bits per heavy atom. The maximum Gasteiger partial charge on any atom is 0.101 e. The van der Waals surface area contributed by atoms with E-state index >= 15 is 0 Å². The van der Waals surface area contributed by atoms with Gasteiger partial charge in [-0.05, 0) is 39.0 Å². The molecule has 1 aromatic rings.